The third kappa shape index (κ3) is 5.83. The second-order valence-corrected chi connectivity index (χ2v) is 7.43. The first-order chi connectivity index (χ1) is 15.3. The molecule has 4 aromatic carbocycles. The number of hydrogen-bond acceptors (Lipinski definition) is 2. The Hall–Kier alpha value is -3.85. The van der Waals surface area contributed by atoms with Crippen LogP contribution in [0, 0.1) is 0 Å². The van der Waals surface area contributed by atoms with Crippen molar-refractivity contribution in [2.75, 3.05) is 0 Å². The van der Waals surface area contributed by atoms with E-state index in [9.17, 15) is 4.79 Å². The summed E-state index contributed by atoms with van der Waals surface area (Å²) < 4.78 is 5.93. The zero-order valence-corrected chi connectivity index (χ0v) is 17.4. The molecule has 0 unspecified atom stereocenters. The van der Waals surface area contributed by atoms with Gasteiger partial charge in [0.15, 0.2) is 0 Å². The van der Waals surface area contributed by atoms with E-state index >= 15 is 0 Å². The minimum atomic E-state index is -0.0159. The van der Waals surface area contributed by atoms with Crippen molar-refractivity contribution in [3.8, 4) is 5.75 Å². The normalized spacial score (nSPS) is 10.5. The van der Waals surface area contributed by atoms with Gasteiger partial charge in [-0.3, -0.25) is 4.79 Å². The van der Waals surface area contributed by atoms with E-state index < -0.39 is 0 Å². The van der Waals surface area contributed by atoms with Gasteiger partial charge in [-0.2, -0.15) is 0 Å². The summed E-state index contributed by atoms with van der Waals surface area (Å²) in [5.74, 6) is 0.673. The first-order valence-electron chi connectivity index (χ1n) is 10.4. The van der Waals surface area contributed by atoms with Gasteiger partial charge in [-0.25, -0.2) is 0 Å². The highest BCUT2D eigenvalue weighted by Gasteiger charge is 2.17. The molecule has 4 rings (SSSR count). The first kappa shape index (κ1) is 20.4. The van der Waals surface area contributed by atoms with E-state index in [-0.39, 0.29) is 5.91 Å². The molecule has 0 radical (unpaired) electrons. The SMILES string of the molecule is O=C(c1cccc(OCc2ccccc2)c1)N(Cc1ccccc1)Cc1ccccc1. The average Bonchev–Trinajstić information content (AvgIpc) is 2.84. The predicted octanol–water partition coefficient (Wildman–Crippen LogP) is 6.11. The number of benzene rings is 4. The fourth-order valence-corrected chi connectivity index (χ4v) is 3.45. The molecule has 3 heteroatoms. The van der Waals surface area contributed by atoms with Crippen molar-refractivity contribution in [1.82, 2.24) is 4.90 Å². The Labute approximate surface area is 183 Å². The fourth-order valence-electron chi connectivity index (χ4n) is 3.45. The number of nitrogens with zero attached hydrogens (tertiary/aromatic N) is 1. The van der Waals surface area contributed by atoms with Gasteiger partial charge in [0.1, 0.15) is 12.4 Å². The highest BCUT2D eigenvalue weighted by molar-refractivity contribution is 5.94. The van der Waals surface area contributed by atoms with Crippen LogP contribution in [0.2, 0.25) is 0 Å². The van der Waals surface area contributed by atoms with E-state index in [1.165, 1.54) is 0 Å². The van der Waals surface area contributed by atoms with Crippen LogP contribution in [0.5, 0.6) is 5.75 Å². The number of rotatable bonds is 8. The van der Waals surface area contributed by atoms with E-state index in [1.54, 1.807) is 0 Å². The lowest BCUT2D eigenvalue weighted by atomic mass is 10.1. The van der Waals surface area contributed by atoms with Crippen molar-refractivity contribution in [1.29, 1.82) is 0 Å². The Kier molecular flexibility index (Phi) is 6.76. The number of ether oxygens (including phenoxy) is 1. The fraction of sp³-hybridized carbons (Fsp3) is 0.107. The summed E-state index contributed by atoms with van der Waals surface area (Å²) in [5, 5.41) is 0. The summed E-state index contributed by atoms with van der Waals surface area (Å²) in [5.41, 5.74) is 3.91. The highest BCUT2D eigenvalue weighted by atomic mass is 16.5. The number of carbonyl (C=O) groups is 1. The standard InChI is InChI=1S/C28H25NO2/c30-28(26-17-10-18-27(19-26)31-22-25-15-8-3-9-16-25)29(20-23-11-4-1-5-12-23)21-24-13-6-2-7-14-24/h1-19H,20-22H2. The van der Waals surface area contributed by atoms with Crippen molar-refractivity contribution in [2.45, 2.75) is 19.7 Å². The van der Waals surface area contributed by atoms with Crippen LogP contribution >= 0.6 is 0 Å². The molecular weight excluding hydrogens is 382 g/mol. The zero-order chi connectivity index (χ0) is 21.3. The van der Waals surface area contributed by atoms with Gasteiger partial charge < -0.3 is 9.64 Å². The molecule has 0 atom stereocenters. The molecule has 0 aromatic heterocycles. The quantitative estimate of drug-likeness (QED) is 0.353. The molecule has 31 heavy (non-hydrogen) atoms. The molecular formula is C28H25NO2. The van der Waals surface area contributed by atoms with Crippen LogP contribution in [-0.2, 0) is 19.7 Å². The molecule has 0 aliphatic heterocycles. The summed E-state index contributed by atoms with van der Waals surface area (Å²) in [4.78, 5) is 15.3. The van der Waals surface area contributed by atoms with Gasteiger partial charge >= 0.3 is 0 Å². The van der Waals surface area contributed by atoms with Gasteiger partial charge in [0.25, 0.3) is 5.91 Å². The molecule has 0 saturated carbocycles. The largest absolute Gasteiger partial charge is 0.489 e. The first-order valence-corrected chi connectivity index (χ1v) is 10.4. The molecule has 4 aromatic rings. The summed E-state index contributed by atoms with van der Waals surface area (Å²) in [7, 11) is 0. The lowest BCUT2D eigenvalue weighted by Crippen LogP contribution is -2.30. The van der Waals surface area contributed by atoms with Gasteiger partial charge in [-0.05, 0) is 34.9 Å². The van der Waals surface area contributed by atoms with Crippen LogP contribution in [0.3, 0.4) is 0 Å². The number of hydrogen-bond donors (Lipinski definition) is 0. The van der Waals surface area contributed by atoms with Gasteiger partial charge in [0, 0.05) is 18.7 Å². The van der Waals surface area contributed by atoms with Crippen LogP contribution in [0.4, 0.5) is 0 Å². The topological polar surface area (TPSA) is 29.5 Å². The monoisotopic (exact) mass is 407 g/mol. The summed E-state index contributed by atoms with van der Waals surface area (Å²) in [6.07, 6.45) is 0. The van der Waals surface area contributed by atoms with Crippen LogP contribution < -0.4 is 4.74 Å². The van der Waals surface area contributed by atoms with Crippen molar-refractivity contribution < 1.29 is 9.53 Å². The molecule has 0 saturated heterocycles. The zero-order valence-electron chi connectivity index (χ0n) is 17.4. The van der Waals surface area contributed by atoms with Crippen LogP contribution in [0.15, 0.2) is 115 Å². The molecule has 0 N–H and O–H groups in total. The average molecular weight is 408 g/mol. The Morgan fingerprint density at radius 2 is 1.13 bits per heavy atom. The molecule has 0 spiro atoms. The van der Waals surface area contributed by atoms with Crippen LogP contribution in [0.1, 0.15) is 27.0 Å². The highest BCUT2D eigenvalue weighted by Crippen LogP contribution is 2.19. The van der Waals surface area contributed by atoms with Gasteiger partial charge in [-0.1, -0.05) is 97.1 Å². The van der Waals surface area contributed by atoms with E-state index in [0.29, 0.717) is 31.0 Å². The number of amides is 1. The maximum absolute atomic E-state index is 13.5. The predicted molar refractivity (Wildman–Crippen MR) is 124 cm³/mol. The molecule has 1 amide bonds. The minimum absolute atomic E-state index is 0.0159. The number of carbonyl (C=O) groups excluding carboxylic acids is 1. The van der Waals surface area contributed by atoms with Crippen molar-refractivity contribution in [3.63, 3.8) is 0 Å². The van der Waals surface area contributed by atoms with Gasteiger partial charge in [0.05, 0.1) is 0 Å². The van der Waals surface area contributed by atoms with E-state index in [0.717, 1.165) is 16.7 Å². The minimum Gasteiger partial charge on any atom is -0.489 e. The molecule has 3 nitrogen and oxygen atoms in total. The Morgan fingerprint density at radius 1 is 0.613 bits per heavy atom. The lowest BCUT2D eigenvalue weighted by Gasteiger charge is -2.23. The van der Waals surface area contributed by atoms with Gasteiger partial charge in [0.2, 0.25) is 0 Å². The summed E-state index contributed by atoms with van der Waals surface area (Å²) >= 11 is 0. The lowest BCUT2D eigenvalue weighted by molar-refractivity contribution is 0.0729. The Morgan fingerprint density at radius 3 is 1.68 bits per heavy atom. The smallest absolute Gasteiger partial charge is 0.254 e. The molecule has 0 bridgehead atoms. The third-order valence-electron chi connectivity index (χ3n) is 5.05. The van der Waals surface area contributed by atoms with Crippen LogP contribution in [-0.4, -0.2) is 10.8 Å². The molecule has 0 heterocycles. The second kappa shape index (κ2) is 10.3. The maximum Gasteiger partial charge on any atom is 0.254 e. The van der Waals surface area contributed by atoms with E-state index in [2.05, 4.69) is 0 Å². The van der Waals surface area contributed by atoms with E-state index in [1.807, 2.05) is 120 Å². The molecule has 154 valence electrons. The Bertz CT molecular complexity index is 1050. The maximum atomic E-state index is 13.5. The van der Waals surface area contributed by atoms with Crippen LogP contribution in [0.25, 0.3) is 0 Å². The molecule has 0 aliphatic carbocycles. The van der Waals surface area contributed by atoms with E-state index in [4.69, 9.17) is 4.74 Å². The van der Waals surface area contributed by atoms with Crippen molar-refractivity contribution in [3.05, 3.63) is 138 Å². The molecule has 0 aliphatic rings. The van der Waals surface area contributed by atoms with Gasteiger partial charge in [-0.15, -0.1) is 0 Å². The molecule has 0 fully saturated rings. The summed E-state index contributed by atoms with van der Waals surface area (Å²) in [6, 6.07) is 37.6. The second-order valence-electron chi connectivity index (χ2n) is 7.43. The Balaban J connectivity index is 1.52. The third-order valence-corrected chi connectivity index (χ3v) is 5.05. The van der Waals surface area contributed by atoms with Crippen molar-refractivity contribution >= 4 is 5.91 Å². The summed E-state index contributed by atoms with van der Waals surface area (Å²) in [6.45, 7) is 1.56. The van der Waals surface area contributed by atoms with Crippen molar-refractivity contribution in [2.24, 2.45) is 0 Å².